The van der Waals surface area contributed by atoms with Crippen LogP contribution in [0.1, 0.15) is 15.0 Å². The molecule has 60 heteroatoms. The number of anilines is 3. The number of hydrogen-bond acceptors (Lipinski definition) is 37. The first-order chi connectivity index (χ1) is 49.8. The summed E-state index contributed by atoms with van der Waals surface area (Å²) in [6.07, 6.45) is 10.3. The zero-order valence-electron chi connectivity index (χ0n) is 52.7. The molecule has 0 saturated heterocycles. The molecule has 0 fully saturated rings. The average molecular weight is 2810 g/mol. The van der Waals surface area contributed by atoms with Crippen LogP contribution in [-0.2, 0) is 0 Å². The number of H-pyrrole nitrogens is 2. The number of nitrogen functional groups attached to an aromatic ring is 3. The van der Waals surface area contributed by atoms with Crippen molar-refractivity contribution in [3.8, 4) is 0 Å². The fraction of sp³-hybridized carbons (Fsp3) is 0.0625. The van der Waals surface area contributed by atoms with Gasteiger partial charge in [-0.2, -0.15) is 5.10 Å². The van der Waals surface area contributed by atoms with Crippen LogP contribution in [0.3, 0.4) is 0 Å². The number of aromatic nitrogens is 21. The quantitative estimate of drug-likeness (QED) is 0.0220. The summed E-state index contributed by atoms with van der Waals surface area (Å²) >= 11 is 81.9. The average Bonchev–Trinajstić information content (AvgIpc) is 1.66. The van der Waals surface area contributed by atoms with Crippen molar-refractivity contribution in [1.29, 1.82) is 0 Å². The Kier molecular flexibility index (Phi) is 52.1. The van der Waals surface area contributed by atoms with E-state index in [0.29, 0.717) is 58.6 Å². The summed E-state index contributed by atoms with van der Waals surface area (Å²) in [7, 11) is 0. The van der Waals surface area contributed by atoms with Crippen LogP contribution in [-0.4, -0.2) is 121 Å². The lowest BCUT2D eigenvalue weighted by atomic mass is 10.4. The Morgan fingerprint density at radius 2 is 0.694 bits per heavy atom. The first-order valence-corrected chi connectivity index (χ1v) is 46.1. The Morgan fingerprint density at radius 3 is 1.15 bits per heavy atom. The molecule has 0 radical (unpaired) electrons. The van der Waals surface area contributed by atoms with Gasteiger partial charge >= 0.3 is 0 Å². The van der Waals surface area contributed by atoms with Crippen molar-refractivity contribution in [3.63, 3.8) is 0 Å². The van der Waals surface area contributed by atoms with Crippen molar-refractivity contribution in [1.82, 2.24) is 104 Å². The molecule has 0 saturated carbocycles. The number of nitrogens with two attached hydrogens (primary N) is 9. The van der Waals surface area contributed by atoms with Gasteiger partial charge in [-0.15, -0.1) is 82.3 Å². The molecule has 582 valence electrons. The van der Waals surface area contributed by atoms with E-state index in [1.165, 1.54) is 34.6 Å². The minimum Gasteiger partial charge on any atom is -0.412 e. The summed E-state index contributed by atoms with van der Waals surface area (Å²) in [6, 6.07) is 0. The molecule has 0 unspecified atom stereocenters. The Hall–Kier alpha value is -0.260. The highest BCUT2D eigenvalue weighted by molar-refractivity contribution is 9.13. The fourth-order valence-electron chi connectivity index (χ4n) is 6.27. The summed E-state index contributed by atoms with van der Waals surface area (Å²) < 4.78 is 32.6. The van der Waals surface area contributed by atoms with Crippen molar-refractivity contribution >= 4 is 471 Å². The molecule has 0 bridgehead atoms. The smallest absolute Gasteiger partial charge is 0.157 e. The predicted molar refractivity (Wildman–Crippen MR) is 508 cm³/mol. The molecule has 0 spiro atoms. The van der Waals surface area contributed by atoms with Crippen molar-refractivity contribution in [2.45, 2.75) is 25.7 Å². The van der Waals surface area contributed by atoms with E-state index in [0.717, 1.165) is 131 Å². The monoisotopic (exact) mass is 2790 g/mol. The predicted octanol–water partition coefficient (Wildman–Crippen LogP) is 18.8. The van der Waals surface area contributed by atoms with Crippen LogP contribution in [0.25, 0.3) is 61.3 Å². The largest absolute Gasteiger partial charge is 0.412 e. The number of hydrazine groups is 3. The third-order valence-electron chi connectivity index (χ3n) is 10.6. The maximum absolute atomic E-state index is 5.59. The summed E-state index contributed by atoms with van der Waals surface area (Å²) in [5, 5.41) is 36.7. The van der Waals surface area contributed by atoms with E-state index < -0.39 is 0 Å². The standard InChI is InChI=1S/2C7H4Br2N2S.C6H3Br2N3S.2C5HBr2N3S.2C5H4Br2N2S.C4Br2N4S.C4H3Br2N3S.3H4N2.3H2O/c1-3-11-5-6(12-3)4(8)2-10-7(5)9;1-3-11-5-4(8)2-10-7(9)6(5)12-3;1-2-9-3-4(12-2)6(8)11-10-5(3)7;6-2-1-8-5(7)3-4(2)11-10-9-3;6-2-1-8-5(7)4-3(2)9-10-11-4;6-2-1-9-5(7)3(8)4(2)10;6-2-1-9-5(7)4(10)3(2)8;5-3-1-2(11-10-7-1)4(6)9-8-3;5-3-1(7)2(10)4(6)9-8-3;3*1-2;;;/h2*2H,1H3;1H3;2*1H;1H,8H2,(H,9,10);1,10H,(H2,8,9);;(H2,7,9)(H,8,10);3*1-2H2;3*1H2. The van der Waals surface area contributed by atoms with Gasteiger partial charge in [-0.05, 0) is 342 Å². The molecule has 15 rings (SSSR count). The number of halogens is 18. The van der Waals surface area contributed by atoms with Crippen LogP contribution in [0.2, 0.25) is 0 Å². The Balaban J connectivity index is 0.000000600. The van der Waals surface area contributed by atoms with Gasteiger partial charge in [0.15, 0.2) is 9.21 Å². The molecule has 0 amide bonds. The third kappa shape index (κ3) is 30.6. The van der Waals surface area contributed by atoms with Crippen LogP contribution in [0.5, 0.6) is 0 Å². The van der Waals surface area contributed by atoms with Gasteiger partial charge in [0.05, 0.1) is 91.6 Å². The summed E-state index contributed by atoms with van der Waals surface area (Å²) in [6.45, 7) is 5.94. The number of aryl methyl sites for hydroxylation is 3. The molecule has 108 heavy (non-hydrogen) atoms. The summed E-state index contributed by atoms with van der Waals surface area (Å²) in [5.74, 6) is 24.0. The third-order valence-corrected chi connectivity index (χ3v) is 30.1. The molecular weight excluding hydrogens is 2770 g/mol. The molecule has 15 aromatic heterocycles. The number of pyridine rings is 6. The maximum atomic E-state index is 5.59. The van der Waals surface area contributed by atoms with E-state index in [1.807, 2.05) is 20.8 Å². The van der Waals surface area contributed by atoms with Gasteiger partial charge in [-0.25, -0.2) is 39.9 Å². The van der Waals surface area contributed by atoms with Gasteiger partial charge in [0.1, 0.15) is 88.5 Å². The highest BCUT2D eigenvalue weighted by Gasteiger charge is 2.14. The van der Waals surface area contributed by atoms with E-state index >= 15 is 0 Å². The minimum atomic E-state index is 0. The second-order valence-corrected chi connectivity index (χ2v) is 38.5. The van der Waals surface area contributed by atoms with Gasteiger partial charge < -0.3 is 38.6 Å². The maximum Gasteiger partial charge on any atom is 0.157 e. The highest BCUT2D eigenvalue weighted by Crippen LogP contribution is 2.37. The minimum absolute atomic E-state index is 0. The number of aromatic amines is 2. The lowest BCUT2D eigenvalue weighted by Gasteiger charge is -2.01. The normalized spacial score (nSPS) is 9.81. The summed E-state index contributed by atoms with van der Waals surface area (Å²) in [4.78, 5) is 37.0. The topological polar surface area (TPSA) is 605 Å². The Labute approximate surface area is 800 Å². The second-order valence-electron chi connectivity index (χ2n) is 17.2. The van der Waals surface area contributed by atoms with E-state index in [-0.39, 0.29) is 16.4 Å². The van der Waals surface area contributed by atoms with E-state index in [1.54, 1.807) is 71.2 Å². The number of hydrogen-bond donors (Lipinski definition) is 12. The van der Waals surface area contributed by atoms with Gasteiger partial charge in [0.25, 0.3) is 0 Å². The van der Waals surface area contributed by atoms with Gasteiger partial charge in [0.2, 0.25) is 0 Å². The SMILES string of the molecule is Brc1cnc(Br)c2snnc12.Brc1ncc(Br)c2snnc12.Brc1nnc(Br)c2snnc12.Cc1nc2c(Br)cnc(Br)c2s1.Cc1nc2c(Br)ncc(Br)c2s1.Cc1nc2c(Br)nnc(Br)c2s1.NN.NN.NN.Nc1c(Br)[nH]cc(Br)c1=S.Nc1c(Br)[nH]nc(Br)c1=S.Nc1c(Br)cnc(Br)c1S.O.O.O. The zero-order valence-corrected chi connectivity index (χ0v) is 88.6. The van der Waals surface area contributed by atoms with Crippen LogP contribution in [0.4, 0.5) is 17.1 Å². The lowest BCUT2D eigenvalue weighted by molar-refractivity contribution is 0.823. The summed E-state index contributed by atoms with van der Waals surface area (Å²) in [5.41, 5.74) is 23.6. The number of thiazole rings is 3. The number of thiol groups is 1. The molecule has 0 atom stereocenters. The molecule has 26 N–H and O–H groups in total. The Morgan fingerprint density at radius 1 is 0.343 bits per heavy atom. The lowest BCUT2D eigenvalue weighted by Crippen LogP contribution is -2.02. The van der Waals surface area contributed by atoms with E-state index in [2.05, 4.69) is 439 Å². The van der Waals surface area contributed by atoms with Crippen LogP contribution in [0.15, 0.2) is 124 Å². The van der Waals surface area contributed by atoms with Crippen molar-refractivity contribution in [2.24, 2.45) is 35.1 Å². The molecule has 0 aromatic carbocycles. The van der Waals surface area contributed by atoms with E-state index in [9.17, 15) is 0 Å². The van der Waals surface area contributed by atoms with Gasteiger partial charge in [-0.3, -0.25) is 40.2 Å². The van der Waals surface area contributed by atoms with Crippen LogP contribution >= 0.6 is 392 Å². The molecule has 0 aliphatic heterocycles. The van der Waals surface area contributed by atoms with Gasteiger partial charge in [-0.1, -0.05) is 37.9 Å². The van der Waals surface area contributed by atoms with Crippen LogP contribution < -0.4 is 52.3 Å². The Bertz CT molecular complexity index is 4840. The molecular formula is C48H42Br18N30O3S9. The molecule has 0 aliphatic rings. The van der Waals surface area contributed by atoms with Crippen molar-refractivity contribution < 1.29 is 16.4 Å². The molecule has 0 aliphatic carbocycles. The molecule has 15 aromatic rings. The number of fused-ring (bicyclic) bond motifs is 6. The van der Waals surface area contributed by atoms with Crippen LogP contribution in [0, 0.1) is 29.8 Å². The number of nitrogens with one attached hydrogen (secondary N) is 2. The number of nitrogens with zero attached hydrogens (tertiary/aromatic N) is 19. The van der Waals surface area contributed by atoms with Crippen molar-refractivity contribution in [3.05, 3.63) is 143 Å². The first kappa shape index (κ1) is 106. The first-order valence-electron chi connectivity index (χ1n) is 25.8. The zero-order chi connectivity index (χ0) is 78.9. The highest BCUT2D eigenvalue weighted by atomic mass is 79.9. The molecule has 15 heterocycles. The second kappa shape index (κ2) is 53.2. The fourth-order valence-corrected chi connectivity index (χ4v) is 19.3. The van der Waals surface area contributed by atoms with Crippen molar-refractivity contribution in [2.75, 3.05) is 17.2 Å². The van der Waals surface area contributed by atoms with Gasteiger partial charge in [0, 0.05) is 37.2 Å². The number of rotatable bonds is 0. The van der Waals surface area contributed by atoms with E-state index in [4.69, 9.17) is 41.6 Å². The molecule has 33 nitrogen and oxygen atoms in total.